The number of guanidine groups is 1. The average molecular weight is 398 g/mol. The number of rotatable bonds is 8. The molecule has 0 atom stereocenters. The molecule has 0 fully saturated rings. The molecule has 0 bridgehead atoms. The topological polar surface area (TPSA) is 78.1 Å². The van der Waals surface area contributed by atoms with Crippen molar-refractivity contribution in [2.75, 3.05) is 32.7 Å². The van der Waals surface area contributed by atoms with Gasteiger partial charge in [-0.3, -0.25) is 4.99 Å². The van der Waals surface area contributed by atoms with Gasteiger partial charge in [-0.25, -0.2) is 0 Å². The Bertz CT molecular complexity index is 769. The molecule has 140 valence electrons. The molecule has 8 heteroatoms. The Morgan fingerprint density at radius 1 is 1.12 bits per heavy atom. The Labute approximate surface area is 162 Å². The van der Waals surface area contributed by atoms with Crippen molar-refractivity contribution in [2.24, 2.45) is 10.7 Å². The van der Waals surface area contributed by atoms with Crippen LogP contribution in [-0.2, 0) is 11.3 Å². The standard InChI is InChI=1S/C18H21Cl2N3O3/c1-24-14-5-6-17(25-2)16(10-14)23-18(21)22-7-8-26-11-12-3-4-13(19)9-15(12)20/h3-6,9-10H,7-8,11H2,1-2H3,(H3,21,22,23). The first kappa shape index (κ1) is 20.2. The molecule has 0 aromatic heterocycles. The quantitative estimate of drug-likeness (QED) is 0.400. The maximum atomic E-state index is 6.09. The number of hydrogen-bond donors (Lipinski definition) is 2. The molecule has 0 spiro atoms. The van der Waals surface area contributed by atoms with Gasteiger partial charge >= 0.3 is 0 Å². The van der Waals surface area contributed by atoms with E-state index in [9.17, 15) is 0 Å². The minimum atomic E-state index is 0.254. The molecule has 6 nitrogen and oxygen atoms in total. The first-order valence-electron chi connectivity index (χ1n) is 7.84. The summed E-state index contributed by atoms with van der Waals surface area (Å²) in [5.41, 5.74) is 7.44. The monoisotopic (exact) mass is 397 g/mol. The first-order valence-corrected chi connectivity index (χ1v) is 8.59. The van der Waals surface area contributed by atoms with E-state index in [-0.39, 0.29) is 5.96 Å². The van der Waals surface area contributed by atoms with Crippen LogP contribution in [0, 0.1) is 0 Å². The van der Waals surface area contributed by atoms with E-state index in [0.29, 0.717) is 47.0 Å². The Morgan fingerprint density at radius 3 is 2.62 bits per heavy atom. The summed E-state index contributed by atoms with van der Waals surface area (Å²) in [4.78, 5) is 4.23. The Hall–Kier alpha value is -2.15. The van der Waals surface area contributed by atoms with Gasteiger partial charge in [0, 0.05) is 16.1 Å². The van der Waals surface area contributed by atoms with Crippen LogP contribution < -0.4 is 20.5 Å². The predicted molar refractivity (Wildman–Crippen MR) is 106 cm³/mol. The lowest BCUT2D eigenvalue weighted by Gasteiger charge is -2.12. The van der Waals surface area contributed by atoms with Gasteiger partial charge in [0.05, 0.1) is 39.7 Å². The highest BCUT2D eigenvalue weighted by atomic mass is 35.5. The molecule has 0 saturated heterocycles. The SMILES string of the molecule is COc1ccc(OC)c(NC(N)=NCCOCc2ccc(Cl)cc2Cl)c1. The van der Waals surface area contributed by atoms with Gasteiger partial charge in [-0.05, 0) is 29.8 Å². The number of nitrogens with zero attached hydrogens (tertiary/aromatic N) is 1. The van der Waals surface area contributed by atoms with Crippen LogP contribution in [-0.4, -0.2) is 33.3 Å². The third-order valence-electron chi connectivity index (χ3n) is 3.46. The van der Waals surface area contributed by atoms with E-state index in [2.05, 4.69) is 10.3 Å². The number of nitrogens with one attached hydrogen (secondary N) is 1. The van der Waals surface area contributed by atoms with Crippen LogP contribution in [0.3, 0.4) is 0 Å². The molecule has 3 N–H and O–H groups in total. The van der Waals surface area contributed by atoms with Crippen LogP contribution in [0.15, 0.2) is 41.4 Å². The van der Waals surface area contributed by atoms with Crippen molar-refractivity contribution < 1.29 is 14.2 Å². The van der Waals surface area contributed by atoms with Gasteiger partial charge in [0.25, 0.3) is 0 Å². The fraction of sp³-hybridized carbons (Fsp3) is 0.278. The Balaban J connectivity index is 1.83. The van der Waals surface area contributed by atoms with Crippen LogP contribution in [0.5, 0.6) is 11.5 Å². The molecule has 0 unspecified atom stereocenters. The van der Waals surface area contributed by atoms with Crippen LogP contribution in [0.2, 0.25) is 10.0 Å². The van der Waals surface area contributed by atoms with Gasteiger partial charge in [-0.2, -0.15) is 0 Å². The smallest absolute Gasteiger partial charge is 0.193 e. The number of aliphatic imine (C=N–C) groups is 1. The molecule has 0 heterocycles. The lowest BCUT2D eigenvalue weighted by atomic mass is 10.2. The molecular weight excluding hydrogens is 377 g/mol. The van der Waals surface area contributed by atoms with Crippen LogP contribution >= 0.6 is 23.2 Å². The number of nitrogens with two attached hydrogens (primary N) is 1. The van der Waals surface area contributed by atoms with Crippen molar-refractivity contribution in [1.29, 1.82) is 0 Å². The van der Waals surface area contributed by atoms with Gasteiger partial charge in [0.1, 0.15) is 11.5 Å². The number of methoxy groups -OCH3 is 2. The van der Waals surface area contributed by atoms with Crippen LogP contribution in [0.4, 0.5) is 5.69 Å². The number of benzene rings is 2. The molecule has 0 aliphatic heterocycles. The molecule has 2 aromatic carbocycles. The molecule has 26 heavy (non-hydrogen) atoms. The van der Waals surface area contributed by atoms with E-state index >= 15 is 0 Å². The van der Waals surface area contributed by atoms with E-state index in [1.165, 1.54) is 0 Å². The van der Waals surface area contributed by atoms with Crippen molar-refractivity contribution in [1.82, 2.24) is 0 Å². The van der Waals surface area contributed by atoms with Crippen molar-refractivity contribution in [3.8, 4) is 11.5 Å². The lowest BCUT2D eigenvalue weighted by Crippen LogP contribution is -2.23. The second-order valence-corrected chi connectivity index (χ2v) is 6.09. The summed E-state index contributed by atoms with van der Waals surface area (Å²) in [6.45, 7) is 1.18. The summed E-state index contributed by atoms with van der Waals surface area (Å²) in [5.74, 6) is 1.58. The minimum Gasteiger partial charge on any atom is -0.497 e. The summed E-state index contributed by atoms with van der Waals surface area (Å²) in [6, 6.07) is 10.6. The van der Waals surface area contributed by atoms with E-state index in [1.807, 2.05) is 6.07 Å². The zero-order chi connectivity index (χ0) is 18.9. The summed E-state index contributed by atoms with van der Waals surface area (Å²) in [5, 5.41) is 4.16. The number of ether oxygens (including phenoxy) is 3. The second-order valence-electron chi connectivity index (χ2n) is 5.25. The van der Waals surface area contributed by atoms with Crippen LogP contribution in [0.1, 0.15) is 5.56 Å². The van der Waals surface area contributed by atoms with Gasteiger partial charge in [0.15, 0.2) is 5.96 Å². The van der Waals surface area contributed by atoms with Gasteiger partial charge < -0.3 is 25.3 Å². The molecule has 0 aliphatic carbocycles. The highest BCUT2D eigenvalue weighted by Gasteiger charge is 2.06. The van der Waals surface area contributed by atoms with E-state index in [0.717, 1.165) is 5.56 Å². The predicted octanol–water partition coefficient (Wildman–Crippen LogP) is 3.95. The lowest BCUT2D eigenvalue weighted by molar-refractivity contribution is 0.128. The molecule has 0 saturated carbocycles. The van der Waals surface area contributed by atoms with Crippen molar-refractivity contribution >= 4 is 34.8 Å². The van der Waals surface area contributed by atoms with Crippen LogP contribution in [0.25, 0.3) is 0 Å². The first-order chi connectivity index (χ1) is 12.5. The molecule has 0 amide bonds. The molecule has 0 aliphatic rings. The fourth-order valence-corrected chi connectivity index (χ4v) is 2.60. The highest BCUT2D eigenvalue weighted by molar-refractivity contribution is 6.35. The number of halogens is 2. The fourth-order valence-electron chi connectivity index (χ4n) is 2.14. The summed E-state index contributed by atoms with van der Waals surface area (Å²) < 4.78 is 16.0. The largest absolute Gasteiger partial charge is 0.497 e. The third-order valence-corrected chi connectivity index (χ3v) is 4.05. The van der Waals surface area contributed by atoms with E-state index in [1.54, 1.807) is 44.6 Å². The van der Waals surface area contributed by atoms with Crippen molar-refractivity contribution in [3.63, 3.8) is 0 Å². The Morgan fingerprint density at radius 2 is 1.92 bits per heavy atom. The number of anilines is 1. The van der Waals surface area contributed by atoms with Gasteiger partial charge in [-0.15, -0.1) is 0 Å². The van der Waals surface area contributed by atoms with Gasteiger partial charge in [-0.1, -0.05) is 29.3 Å². The molecule has 2 rings (SSSR count). The zero-order valence-corrected chi connectivity index (χ0v) is 16.1. The zero-order valence-electron chi connectivity index (χ0n) is 14.6. The Kier molecular flexibility index (Phi) is 7.84. The van der Waals surface area contributed by atoms with E-state index in [4.69, 9.17) is 43.1 Å². The highest BCUT2D eigenvalue weighted by Crippen LogP contribution is 2.28. The molecule has 2 aromatic rings. The van der Waals surface area contributed by atoms with Gasteiger partial charge in [0.2, 0.25) is 0 Å². The third kappa shape index (κ3) is 5.98. The summed E-state index contributed by atoms with van der Waals surface area (Å²) in [7, 11) is 3.17. The average Bonchev–Trinajstić information content (AvgIpc) is 2.63. The number of hydrogen-bond acceptors (Lipinski definition) is 4. The molecule has 0 radical (unpaired) electrons. The maximum absolute atomic E-state index is 6.09. The van der Waals surface area contributed by atoms with Crippen molar-refractivity contribution in [3.05, 3.63) is 52.0 Å². The second kappa shape index (κ2) is 10.1. The van der Waals surface area contributed by atoms with Crippen molar-refractivity contribution in [2.45, 2.75) is 6.61 Å². The summed E-state index contributed by atoms with van der Waals surface area (Å²) >= 11 is 12.0. The minimum absolute atomic E-state index is 0.254. The normalized spacial score (nSPS) is 11.3. The maximum Gasteiger partial charge on any atom is 0.193 e. The molecular formula is C18H21Cl2N3O3. The summed E-state index contributed by atoms with van der Waals surface area (Å²) in [6.07, 6.45) is 0. The van der Waals surface area contributed by atoms with E-state index < -0.39 is 0 Å².